The zero-order valence-electron chi connectivity index (χ0n) is 10.8. The number of hydrogen-bond donors (Lipinski definition) is 1. The molecule has 17 heavy (non-hydrogen) atoms. The molecule has 0 amide bonds. The van der Waals surface area contributed by atoms with Crippen LogP contribution in [0.5, 0.6) is 0 Å². The minimum atomic E-state index is 0.741. The van der Waals surface area contributed by atoms with Gasteiger partial charge in [0.2, 0.25) is 0 Å². The summed E-state index contributed by atoms with van der Waals surface area (Å²) in [5.74, 6) is 0. The molecule has 1 aliphatic heterocycles. The van der Waals surface area contributed by atoms with Gasteiger partial charge >= 0.3 is 0 Å². The molecule has 0 bridgehead atoms. The van der Waals surface area contributed by atoms with Crippen LogP contribution in [0.25, 0.3) is 0 Å². The molecule has 1 saturated heterocycles. The van der Waals surface area contributed by atoms with E-state index in [1.807, 2.05) is 11.3 Å². The Morgan fingerprint density at radius 3 is 3.06 bits per heavy atom. The lowest BCUT2D eigenvalue weighted by Gasteiger charge is -2.25. The minimum absolute atomic E-state index is 0.741. The van der Waals surface area contributed by atoms with Gasteiger partial charge in [0.1, 0.15) is 0 Å². The molecule has 1 atom stereocenters. The Bertz CT molecular complexity index is 291. The van der Waals surface area contributed by atoms with E-state index in [1.165, 1.54) is 56.7 Å². The maximum Gasteiger partial charge on any atom is 0.0195 e. The van der Waals surface area contributed by atoms with Gasteiger partial charge in [0.25, 0.3) is 0 Å². The lowest BCUT2D eigenvalue weighted by atomic mass is 10.2. The van der Waals surface area contributed by atoms with E-state index in [2.05, 4.69) is 34.7 Å². The maximum absolute atomic E-state index is 3.60. The molecule has 0 radical (unpaired) electrons. The molecular formula is C14H24N2S. The van der Waals surface area contributed by atoms with Crippen molar-refractivity contribution in [3.8, 4) is 0 Å². The van der Waals surface area contributed by atoms with Crippen LogP contribution < -0.4 is 5.32 Å². The summed E-state index contributed by atoms with van der Waals surface area (Å²) in [4.78, 5) is 4.15. The number of rotatable bonds is 7. The summed E-state index contributed by atoms with van der Waals surface area (Å²) < 4.78 is 0. The third-order valence-electron chi connectivity index (χ3n) is 3.44. The van der Waals surface area contributed by atoms with Crippen molar-refractivity contribution in [2.75, 3.05) is 26.2 Å². The predicted molar refractivity (Wildman–Crippen MR) is 75.8 cm³/mol. The average Bonchev–Trinajstić information content (AvgIpc) is 2.99. The van der Waals surface area contributed by atoms with E-state index < -0.39 is 0 Å². The second-order valence-corrected chi connectivity index (χ2v) is 5.96. The standard InChI is InChI=1S/C14H24N2S/c1-2-9-16(12-13-5-3-8-15-13)10-7-14-6-4-11-17-14/h4,6,11,13,15H,2-3,5,7-10,12H2,1H3. The zero-order chi connectivity index (χ0) is 11.9. The van der Waals surface area contributed by atoms with E-state index in [0.29, 0.717) is 0 Å². The molecular weight excluding hydrogens is 228 g/mol. The molecule has 0 aromatic carbocycles. The van der Waals surface area contributed by atoms with Crippen LogP contribution >= 0.6 is 11.3 Å². The van der Waals surface area contributed by atoms with Crippen LogP contribution in [0.3, 0.4) is 0 Å². The molecule has 1 N–H and O–H groups in total. The molecule has 1 aromatic rings. The van der Waals surface area contributed by atoms with Crippen LogP contribution in [0.4, 0.5) is 0 Å². The Hall–Kier alpha value is -0.380. The fraction of sp³-hybridized carbons (Fsp3) is 0.714. The van der Waals surface area contributed by atoms with E-state index in [1.54, 1.807) is 0 Å². The van der Waals surface area contributed by atoms with Crippen LogP contribution in [0.15, 0.2) is 17.5 Å². The summed E-state index contributed by atoms with van der Waals surface area (Å²) in [6.45, 7) is 7.19. The molecule has 3 heteroatoms. The summed E-state index contributed by atoms with van der Waals surface area (Å²) in [6.07, 6.45) is 5.19. The van der Waals surface area contributed by atoms with Crippen LogP contribution in [0.1, 0.15) is 31.1 Å². The minimum Gasteiger partial charge on any atom is -0.313 e. The van der Waals surface area contributed by atoms with E-state index in [0.717, 1.165) is 6.04 Å². The van der Waals surface area contributed by atoms with E-state index >= 15 is 0 Å². The van der Waals surface area contributed by atoms with Gasteiger partial charge in [-0.25, -0.2) is 0 Å². The van der Waals surface area contributed by atoms with E-state index in [4.69, 9.17) is 0 Å². The van der Waals surface area contributed by atoms with Gasteiger partial charge in [0.05, 0.1) is 0 Å². The van der Waals surface area contributed by atoms with Gasteiger partial charge in [-0.15, -0.1) is 11.3 Å². The predicted octanol–water partition coefficient (Wildman–Crippen LogP) is 2.75. The van der Waals surface area contributed by atoms with Crippen LogP contribution in [0.2, 0.25) is 0 Å². The summed E-state index contributed by atoms with van der Waals surface area (Å²) in [5, 5.41) is 5.78. The van der Waals surface area contributed by atoms with Crippen LogP contribution in [-0.4, -0.2) is 37.1 Å². The van der Waals surface area contributed by atoms with Gasteiger partial charge in [0, 0.05) is 24.0 Å². The number of hydrogen-bond acceptors (Lipinski definition) is 3. The summed E-state index contributed by atoms with van der Waals surface area (Å²) in [7, 11) is 0. The van der Waals surface area contributed by atoms with Gasteiger partial charge in [-0.1, -0.05) is 13.0 Å². The van der Waals surface area contributed by atoms with Gasteiger partial charge < -0.3 is 10.2 Å². The fourth-order valence-electron chi connectivity index (χ4n) is 2.56. The average molecular weight is 252 g/mol. The highest BCUT2D eigenvalue weighted by molar-refractivity contribution is 7.09. The Morgan fingerprint density at radius 1 is 1.47 bits per heavy atom. The molecule has 2 nitrogen and oxygen atoms in total. The molecule has 0 spiro atoms. The van der Waals surface area contributed by atoms with Gasteiger partial charge in [0.15, 0.2) is 0 Å². The second kappa shape index (κ2) is 7.14. The molecule has 1 aliphatic rings. The first-order valence-electron chi connectivity index (χ1n) is 6.86. The molecule has 0 saturated carbocycles. The van der Waals surface area contributed by atoms with Crippen molar-refractivity contribution in [2.24, 2.45) is 0 Å². The summed E-state index contributed by atoms with van der Waals surface area (Å²) in [6, 6.07) is 5.15. The van der Waals surface area contributed by atoms with Crippen LogP contribution in [-0.2, 0) is 6.42 Å². The zero-order valence-corrected chi connectivity index (χ0v) is 11.6. The SMILES string of the molecule is CCCN(CCc1cccs1)CC1CCCN1. The topological polar surface area (TPSA) is 15.3 Å². The number of nitrogens with zero attached hydrogens (tertiary/aromatic N) is 1. The smallest absolute Gasteiger partial charge is 0.0195 e. The van der Waals surface area contributed by atoms with Crippen molar-refractivity contribution in [3.63, 3.8) is 0 Å². The first-order valence-corrected chi connectivity index (χ1v) is 7.74. The molecule has 1 unspecified atom stereocenters. The number of thiophene rings is 1. The number of nitrogens with one attached hydrogen (secondary N) is 1. The first-order chi connectivity index (χ1) is 8.38. The lowest BCUT2D eigenvalue weighted by Crippen LogP contribution is -2.38. The van der Waals surface area contributed by atoms with Crippen molar-refractivity contribution >= 4 is 11.3 Å². The molecule has 2 heterocycles. The van der Waals surface area contributed by atoms with Crippen LogP contribution in [0, 0.1) is 0 Å². The molecule has 1 fully saturated rings. The van der Waals surface area contributed by atoms with Gasteiger partial charge in [-0.05, 0) is 50.2 Å². The highest BCUT2D eigenvalue weighted by Crippen LogP contribution is 2.12. The Morgan fingerprint density at radius 2 is 2.41 bits per heavy atom. The summed E-state index contributed by atoms with van der Waals surface area (Å²) in [5.41, 5.74) is 0. The van der Waals surface area contributed by atoms with Gasteiger partial charge in [-0.2, -0.15) is 0 Å². The van der Waals surface area contributed by atoms with Crippen molar-refractivity contribution in [1.29, 1.82) is 0 Å². The normalized spacial score (nSPS) is 20.2. The second-order valence-electron chi connectivity index (χ2n) is 4.92. The lowest BCUT2D eigenvalue weighted by molar-refractivity contribution is 0.253. The van der Waals surface area contributed by atoms with Crippen molar-refractivity contribution in [2.45, 2.75) is 38.6 Å². The molecule has 2 rings (SSSR count). The molecule has 96 valence electrons. The Balaban J connectivity index is 1.75. The highest BCUT2D eigenvalue weighted by atomic mass is 32.1. The monoisotopic (exact) mass is 252 g/mol. The molecule has 1 aromatic heterocycles. The molecule has 0 aliphatic carbocycles. The first kappa shape index (κ1) is 13.1. The van der Waals surface area contributed by atoms with Crippen molar-refractivity contribution in [3.05, 3.63) is 22.4 Å². The third kappa shape index (κ3) is 4.41. The van der Waals surface area contributed by atoms with Crippen molar-refractivity contribution < 1.29 is 0 Å². The largest absolute Gasteiger partial charge is 0.313 e. The fourth-order valence-corrected chi connectivity index (χ4v) is 3.26. The van der Waals surface area contributed by atoms with E-state index in [-0.39, 0.29) is 0 Å². The van der Waals surface area contributed by atoms with Crippen molar-refractivity contribution in [1.82, 2.24) is 10.2 Å². The summed E-state index contributed by atoms with van der Waals surface area (Å²) >= 11 is 1.88. The third-order valence-corrected chi connectivity index (χ3v) is 4.37. The maximum atomic E-state index is 3.60. The Kier molecular flexibility index (Phi) is 5.49. The van der Waals surface area contributed by atoms with E-state index in [9.17, 15) is 0 Å². The quantitative estimate of drug-likeness (QED) is 0.803. The van der Waals surface area contributed by atoms with Gasteiger partial charge in [-0.3, -0.25) is 0 Å². The highest BCUT2D eigenvalue weighted by Gasteiger charge is 2.17. The Labute approximate surface area is 109 Å².